The van der Waals surface area contributed by atoms with Crippen LogP contribution in [0.25, 0.3) is 10.6 Å². The van der Waals surface area contributed by atoms with Crippen LogP contribution in [0.2, 0.25) is 0 Å². The summed E-state index contributed by atoms with van der Waals surface area (Å²) in [7, 11) is -3.71. The van der Waals surface area contributed by atoms with Gasteiger partial charge in [0.15, 0.2) is 0 Å². The number of tetrazole rings is 1. The summed E-state index contributed by atoms with van der Waals surface area (Å²) in [4.78, 5) is 4.94. The van der Waals surface area contributed by atoms with E-state index < -0.39 is 10.0 Å². The van der Waals surface area contributed by atoms with Crippen LogP contribution >= 0.6 is 11.3 Å². The molecule has 0 unspecified atom stereocenters. The zero-order valence-electron chi connectivity index (χ0n) is 9.89. The number of sulfonamides is 1. The number of hydrogen-bond donors (Lipinski definition) is 2. The first kappa shape index (κ1) is 12.7. The lowest BCUT2D eigenvalue weighted by molar-refractivity contribution is 0.602. The average molecular weight is 308 g/mol. The molecule has 3 rings (SSSR count). The third-order valence-electron chi connectivity index (χ3n) is 2.33. The predicted octanol–water partition coefficient (Wildman–Crippen LogP) is 1.12. The minimum atomic E-state index is -3.71. The van der Waals surface area contributed by atoms with E-state index in [-0.39, 0.29) is 10.2 Å². The summed E-state index contributed by atoms with van der Waals surface area (Å²) in [5.74, 6) is -0.0993. The molecule has 0 aliphatic rings. The van der Waals surface area contributed by atoms with Gasteiger partial charge in [0.25, 0.3) is 16.0 Å². The van der Waals surface area contributed by atoms with Crippen molar-refractivity contribution < 1.29 is 8.42 Å². The van der Waals surface area contributed by atoms with Crippen LogP contribution in [0.3, 0.4) is 0 Å². The Hall–Kier alpha value is -2.33. The summed E-state index contributed by atoms with van der Waals surface area (Å²) in [6, 6.07) is 8.67. The number of nitrogens with zero attached hydrogens (tertiary/aromatic N) is 4. The number of hydrogen-bond acceptors (Lipinski definition) is 7. The molecule has 0 aliphatic heterocycles. The molecule has 3 aromatic rings. The molecule has 102 valence electrons. The second-order valence-electron chi connectivity index (χ2n) is 3.67. The second-order valence-corrected chi connectivity index (χ2v) is 6.67. The van der Waals surface area contributed by atoms with Crippen LogP contribution in [0.1, 0.15) is 0 Å². The van der Waals surface area contributed by atoms with Gasteiger partial charge < -0.3 is 0 Å². The highest BCUT2D eigenvalue weighted by Gasteiger charge is 2.19. The van der Waals surface area contributed by atoms with Crippen LogP contribution in [0.4, 0.5) is 5.95 Å². The molecule has 3 heterocycles. The zero-order chi connectivity index (χ0) is 14.0. The number of H-pyrrole nitrogens is 1. The summed E-state index contributed by atoms with van der Waals surface area (Å²) >= 11 is 1.12. The first-order valence-electron chi connectivity index (χ1n) is 5.43. The Morgan fingerprint density at radius 1 is 1.20 bits per heavy atom. The molecule has 8 nitrogen and oxygen atoms in total. The van der Waals surface area contributed by atoms with E-state index in [2.05, 4.69) is 30.3 Å². The lowest BCUT2D eigenvalue weighted by Gasteiger charge is -2.00. The molecular formula is C10H8N6O2S2. The number of aromatic nitrogens is 5. The second kappa shape index (κ2) is 4.98. The number of pyridine rings is 1. The molecule has 10 heteroatoms. The van der Waals surface area contributed by atoms with E-state index in [1.54, 1.807) is 18.3 Å². The van der Waals surface area contributed by atoms with Gasteiger partial charge in [-0.15, -0.1) is 16.4 Å². The van der Waals surface area contributed by atoms with Gasteiger partial charge in [0.05, 0.1) is 10.6 Å². The van der Waals surface area contributed by atoms with Gasteiger partial charge in [-0.05, 0) is 29.5 Å². The van der Waals surface area contributed by atoms with E-state index in [1.807, 2.05) is 12.1 Å². The van der Waals surface area contributed by atoms with Crippen LogP contribution < -0.4 is 4.72 Å². The maximum absolute atomic E-state index is 12.1. The molecule has 0 aromatic carbocycles. The summed E-state index contributed by atoms with van der Waals surface area (Å²) in [6.07, 6.45) is 1.65. The fourth-order valence-electron chi connectivity index (χ4n) is 1.49. The van der Waals surface area contributed by atoms with Gasteiger partial charge in [-0.2, -0.15) is 5.21 Å². The first-order chi connectivity index (χ1) is 9.65. The van der Waals surface area contributed by atoms with Crippen molar-refractivity contribution in [2.75, 3.05) is 4.72 Å². The van der Waals surface area contributed by atoms with Gasteiger partial charge in [-0.1, -0.05) is 11.2 Å². The minimum absolute atomic E-state index is 0.0993. The van der Waals surface area contributed by atoms with Crippen molar-refractivity contribution >= 4 is 27.3 Å². The number of thiophene rings is 1. The SMILES string of the molecule is O=S(=O)(Nc1nn[nH]n1)c1ccc(-c2ccccn2)s1. The van der Waals surface area contributed by atoms with Crippen molar-refractivity contribution in [3.63, 3.8) is 0 Å². The van der Waals surface area contributed by atoms with Gasteiger partial charge >= 0.3 is 0 Å². The summed E-state index contributed by atoms with van der Waals surface area (Å²) in [6.45, 7) is 0. The third-order valence-corrected chi connectivity index (χ3v) is 5.26. The Labute approximate surface area is 117 Å². The number of rotatable bonds is 4. The van der Waals surface area contributed by atoms with Crippen molar-refractivity contribution in [2.45, 2.75) is 4.21 Å². The van der Waals surface area contributed by atoms with Crippen molar-refractivity contribution in [1.82, 2.24) is 25.6 Å². The molecule has 0 aliphatic carbocycles. The largest absolute Gasteiger partial charge is 0.276 e. The van der Waals surface area contributed by atoms with E-state index in [0.29, 0.717) is 0 Å². The Kier molecular flexibility index (Phi) is 3.16. The minimum Gasteiger partial charge on any atom is -0.255 e. The summed E-state index contributed by atoms with van der Waals surface area (Å²) in [5, 5.41) is 12.5. The van der Waals surface area contributed by atoms with Gasteiger partial charge in [0.2, 0.25) is 0 Å². The fraction of sp³-hybridized carbons (Fsp3) is 0. The van der Waals surface area contributed by atoms with Gasteiger partial charge in [-0.3, -0.25) is 4.98 Å². The highest BCUT2D eigenvalue weighted by Crippen LogP contribution is 2.29. The Bertz CT molecular complexity index is 797. The molecule has 0 atom stereocenters. The van der Waals surface area contributed by atoms with E-state index >= 15 is 0 Å². The van der Waals surface area contributed by atoms with Crippen molar-refractivity contribution in [2.24, 2.45) is 0 Å². The highest BCUT2D eigenvalue weighted by molar-refractivity contribution is 7.94. The van der Waals surface area contributed by atoms with Gasteiger partial charge in [0, 0.05) is 6.20 Å². The molecule has 2 N–H and O–H groups in total. The lowest BCUT2D eigenvalue weighted by Crippen LogP contribution is -2.12. The molecule has 0 amide bonds. The van der Waals surface area contributed by atoms with Crippen molar-refractivity contribution in [3.05, 3.63) is 36.5 Å². The van der Waals surface area contributed by atoms with Crippen LogP contribution in [-0.2, 0) is 10.0 Å². The highest BCUT2D eigenvalue weighted by atomic mass is 32.2. The number of anilines is 1. The third kappa shape index (κ3) is 2.51. The summed E-state index contributed by atoms with van der Waals surface area (Å²) in [5.41, 5.74) is 0.721. The smallest absolute Gasteiger partial charge is 0.255 e. The monoisotopic (exact) mass is 308 g/mol. The quantitative estimate of drug-likeness (QED) is 0.746. The van der Waals surface area contributed by atoms with Crippen molar-refractivity contribution in [3.8, 4) is 10.6 Å². The molecule has 0 saturated heterocycles. The molecule has 0 spiro atoms. The first-order valence-corrected chi connectivity index (χ1v) is 7.73. The molecule has 0 radical (unpaired) electrons. The maximum Gasteiger partial charge on any atom is 0.276 e. The molecular weight excluding hydrogens is 300 g/mol. The Balaban J connectivity index is 1.90. The van der Waals surface area contributed by atoms with Crippen LogP contribution in [0.5, 0.6) is 0 Å². The van der Waals surface area contributed by atoms with Crippen LogP contribution in [0.15, 0.2) is 40.7 Å². The molecule has 0 saturated carbocycles. The lowest BCUT2D eigenvalue weighted by atomic mass is 10.3. The standard InChI is InChI=1S/C10H8N6O2S2/c17-20(18,14-10-12-15-16-13-10)9-5-4-8(19-9)7-3-1-2-6-11-7/h1-6H,(H2,12,13,14,15,16). The normalized spacial score (nSPS) is 11.4. The Morgan fingerprint density at radius 3 is 2.80 bits per heavy atom. The van der Waals surface area contributed by atoms with Gasteiger partial charge in [-0.25, -0.2) is 13.1 Å². The number of nitrogens with one attached hydrogen (secondary N) is 2. The van der Waals surface area contributed by atoms with Crippen molar-refractivity contribution in [1.29, 1.82) is 0 Å². The van der Waals surface area contributed by atoms with Gasteiger partial charge in [0.1, 0.15) is 4.21 Å². The van der Waals surface area contributed by atoms with E-state index in [1.165, 1.54) is 6.07 Å². The van der Waals surface area contributed by atoms with E-state index in [4.69, 9.17) is 0 Å². The molecule has 0 bridgehead atoms. The fourth-order valence-corrected chi connectivity index (χ4v) is 3.71. The Morgan fingerprint density at radius 2 is 2.10 bits per heavy atom. The predicted molar refractivity (Wildman–Crippen MR) is 72.5 cm³/mol. The zero-order valence-corrected chi connectivity index (χ0v) is 11.5. The van der Waals surface area contributed by atoms with E-state index in [0.717, 1.165) is 21.9 Å². The summed E-state index contributed by atoms with van der Waals surface area (Å²) < 4.78 is 26.6. The van der Waals surface area contributed by atoms with Crippen LogP contribution in [-0.4, -0.2) is 34.0 Å². The van der Waals surface area contributed by atoms with E-state index in [9.17, 15) is 8.42 Å². The van der Waals surface area contributed by atoms with Crippen LogP contribution in [0, 0.1) is 0 Å². The molecule has 20 heavy (non-hydrogen) atoms. The topological polar surface area (TPSA) is 114 Å². The maximum atomic E-state index is 12.1. The molecule has 3 aromatic heterocycles. The number of aromatic amines is 1. The average Bonchev–Trinajstić information content (AvgIpc) is 3.10. The molecule has 0 fully saturated rings.